The van der Waals surface area contributed by atoms with Crippen molar-refractivity contribution in [3.63, 3.8) is 0 Å². The third-order valence-electron chi connectivity index (χ3n) is 3.10. The van der Waals surface area contributed by atoms with E-state index in [0.717, 1.165) is 5.56 Å². The number of thioether (sulfide) groups is 1. The van der Waals surface area contributed by atoms with Crippen molar-refractivity contribution in [3.05, 3.63) is 53.9 Å². The highest BCUT2D eigenvalue weighted by Gasteiger charge is 2.10. The molecule has 0 aliphatic heterocycles. The van der Waals surface area contributed by atoms with Crippen LogP contribution in [0.1, 0.15) is 17.5 Å². The Balaban J connectivity index is 1.73. The van der Waals surface area contributed by atoms with Crippen LogP contribution in [0.3, 0.4) is 0 Å². The van der Waals surface area contributed by atoms with Crippen LogP contribution in [-0.4, -0.2) is 16.0 Å². The number of hydrogen-bond acceptors (Lipinski definition) is 5. The van der Waals surface area contributed by atoms with E-state index in [2.05, 4.69) is 40.5 Å². The average Bonchev–Trinajstić information content (AvgIpc) is 2.90. The molecule has 3 rings (SSSR count). The van der Waals surface area contributed by atoms with E-state index in [0.29, 0.717) is 16.9 Å². The summed E-state index contributed by atoms with van der Waals surface area (Å²) in [6.07, 6.45) is 0. The highest BCUT2D eigenvalue weighted by atomic mass is 32.2. The van der Waals surface area contributed by atoms with Crippen molar-refractivity contribution in [1.29, 1.82) is 0 Å². The molecule has 0 saturated carbocycles. The smallest absolute Gasteiger partial charge is 0.276 e. The molecule has 0 bridgehead atoms. The standard InChI is InChI=1S/C15H15N3OS/c1-10-17-18-15(19-10)20-9-14(16)13-7-6-11-4-2-3-5-12(11)8-13/h2-8,14H,9,16H2,1H3. The number of aryl methyl sites for hydroxylation is 1. The molecule has 0 radical (unpaired) electrons. The van der Waals surface area contributed by atoms with Gasteiger partial charge in [-0.2, -0.15) is 0 Å². The van der Waals surface area contributed by atoms with E-state index < -0.39 is 0 Å². The minimum Gasteiger partial charge on any atom is -0.416 e. The van der Waals surface area contributed by atoms with Crippen molar-refractivity contribution < 1.29 is 4.42 Å². The van der Waals surface area contributed by atoms with Crippen LogP contribution in [0.25, 0.3) is 10.8 Å². The second kappa shape index (κ2) is 5.64. The molecule has 3 aromatic rings. The lowest BCUT2D eigenvalue weighted by Gasteiger charge is -2.11. The summed E-state index contributed by atoms with van der Waals surface area (Å²) in [5.74, 6) is 1.28. The molecule has 1 aromatic heterocycles. The maximum atomic E-state index is 6.23. The summed E-state index contributed by atoms with van der Waals surface area (Å²) >= 11 is 1.48. The summed E-state index contributed by atoms with van der Waals surface area (Å²) < 4.78 is 5.33. The summed E-state index contributed by atoms with van der Waals surface area (Å²) in [5.41, 5.74) is 7.35. The van der Waals surface area contributed by atoms with Crippen LogP contribution < -0.4 is 5.73 Å². The minimum absolute atomic E-state index is 0.0585. The normalized spacial score (nSPS) is 12.7. The van der Waals surface area contributed by atoms with E-state index >= 15 is 0 Å². The first-order valence-corrected chi connectivity index (χ1v) is 7.38. The molecule has 2 N–H and O–H groups in total. The van der Waals surface area contributed by atoms with Gasteiger partial charge < -0.3 is 10.2 Å². The highest BCUT2D eigenvalue weighted by Crippen LogP contribution is 2.24. The van der Waals surface area contributed by atoms with Crippen LogP contribution in [0, 0.1) is 6.92 Å². The Morgan fingerprint density at radius 1 is 1.15 bits per heavy atom. The molecule has 4 nitrogen and oxygen atoms in total. The molecule has 1 atom stereocenters. The maximum absolute atomic E-state index is 6.23. The van der Waals surface area contributed by atoms with E-state index in [9.17, 15) is 0 Å². The Kier molecular flexibility index (Phi) is 3.71. The van der Waals surface area contributed by atoms with E-state index in [4.69, 9.17) is 10.2 Å². The number of nitrogens with zero attached hydrogens (tertiary/aromatic N) is 2. The first kappa shape index (κ1) is 13.1. The largest absolute Gasteiger partial charge is 0.416 e. The second-order valence-electron chi connectivity index (χ2n) is 4.61. The summed E-state index contributed by atoms with van der Waals surface area (Å²) in [5, 5.41) is 10.8. The molecular formula is C15H15N3OS. The zero-order valence-electron chi connectivity index (χ0n) is 11.1. The molecule has 102 valence electrons. The third kappa shape index (κ3) is 2.84. The predicted molar refractivity (Wildman–Crippen MR) is 80.6 cm³/mol. The van der Waals surface area contributed by atoms with E-state index in [1.807, 2.05) is 12.1 Å². The van der Waals surface area contributed by atoms with Crippen LogP contribution in [0.2, 0.25) is 0 Å². The quantitative estimate of drug-likeness (QED) is 0.745. The van der Waals surface area contributed by atoms with Crippen LogP contribution in [0.5, 0.6) is 0 Å². The Labute approximate surface area is 121 Å². The van der Waals surface area contributed by atoms with Crippen LogP contribution in [-0.2, 0) is 0 Å². The first-order valence-electron chi connectivity index (χ1n) is 6.39. The Hall–Kier alpha value is -1.85. The molecule has 20 heavy (non-hydrogen) atoms. The highest BCUT2D eigenvalue weighted by molar-refractivity contribution is 7.99. The summed E-state index contributed by atoms with van der Waals surface area (Å²) in [4.78, 5) is 0. The summed E-state index contributed by atoms with van der Waals surface area (Å²) in [6.45, 7) is 1.78. The molecular weight excluding hydrogens is 270 g/mol. The summed E-state index contributed by atoms with van der Waals surface area (Å²) in [7, 11) is 0. The van der Waals surface area contributed by atoms with Gasteiger partial charge in [0.1, 0.15) is 0 Å². The van der Waals surface area contributed by atoms with Crippen molar-refractivity contribution in [2.45, 2.75) is 18.2 Å². The molecule has 2 aromatic carbocycles. The molecule has 1 unspecified atom stereocenters. The van der Waals surface area contributed by atoms with Crippen LogP contribution in [0.15, 0.2) is 52.1 Å². The van der Waals surface area contributed by atoms with Gasteiger partial charge in [0.15, 0.2) is 0 Å². The molecule has 1 heterocycles. The topological polar surface area (TPSA) is 64.9 Å². The molecule has 5 heteroatoms. The number of rotatable bonds is 4. The van der Waals surface area contributed by atoms with Crippen LogP contribution in [0.4, 0.5) is 0 Å². The van der Waals surface area contributed by atoms with Crippen LogP contribution >= 0.6 is 11.8 Å². The fraction of sp³-hybridized carbons (Fsp3) is 0.200. The average molecular weight is 285 g/mol. The van der Waals surface area contributed by atoms with Gasteiger partial charge in [0.2, 0.25) is 5.89 Å². The predicted octanol–water partition coefficient (Wildman–Crippen LogP) is 3.32. The number of benzene rings is 2. The van der Waals surface area contributed by atoms with Gasteiger partial charge in [0, 0.05) is 18.7 Å². The van der Waals surface area contributed by atoms with Gasteiger partial charge in [-0.25, -0.2) is 0 Å². The first-order chi connectivity index (χ1) is 9.72. The Morgan fingerprint density at radius 3 is 2.70 bits per heavy atom. The second-order valence-corrected chi connectivity index (χ2v) is 5.58. The van der Waals surface area contributed by atoms with Gasteiger partial charge in [-0.1, -0.05) is 48.2 Å². The summed E-state index contributed by atoms with van der Waals surface area (Å²) in [6, 6.07) is 14.5. The van der Waals surface area contributed by atoms with E-state index in [1.54, 1.807) is 6.92 Å². The van der Waals surface area contributed by atoms with Gasteiger partial charge in [0.05, 0.1) is 0 Å². The van der Waals surface area contributed by atoms with Crippen molar-refractivity contribution in [2.75, 3.05) is 5.75 Å². The molecule has 0 amide bonds. The monoisotopic (exact) mass is 285 g/mol. The molecule has 0 fully saturated rings. The molecule has 0 aliphatic carbocycles. The van der Waals surface area contributed by atoms with Crippen molar-refractivity contribution in [3.8, 4) is 0 Å². The van der Waals surface area contributed by atoms with Crippen molar-refractivity contribution in [2.24, 2.45) is 5.73 Å². The van der Waals surface area contributed by atoms with E-state index in [-0.39, 0.29) is 6.04 Å². The van der Waals surface area contributed by atoms with E-state index in [1.165, 1.54) is 22.5 Å². The zero-order valence-corrected chi connectivity index (χ0v) is 11.9. The lowest BCUT2D eigenvalue weighted by molar-refractivity contribution is 0.429. The van der Waals surface area contributed by atoms with Gasteiger partial charge in [-0.15, -0.1) is 10.2 Å². The fourth-order valence-electron chi connectivity index (χ4n) is 2.03. The maximum Gasteiger partial charge on any atom is 0.276 e. The van der Waals surface area contributed by atoms with Crippen molar-refractivity contribution in [1.82, 2.24) is 10.2 Å². The van der Waals surface area contributed by atoms with Gasteiger partial charge in [-0.3, -0.25) is 0 Å². The lowest BCUT2D eigenvalue weighted by atomic mass is 10.0. The molecule has 0 spiro atoms. The third-order valence-corrected chi connectivity index (χ3v) is 4.03. The zero-order chi connectivity index (χ0) is 13.9. The van der Waals surface area contributed by atoms with Crippen molar-refractivity contribution >= 4 is 22.5 Å². The Morgan fingerprint density at radius 2 is 1.95 bits per heavy atom. The molecule has 0 aliphatic rings. The van der Waals surface area contributed by atoms with Gasteiger partial charge in [0.25, 0.3) is 5.22 Å². The fourth-order valence-corrected chi connectivity index (χ4v) is 2.83. The number of fused-ring (bicyclic) bond motifs is 1. The number of hydrogen-bond donors (Lipinski definition) is 1. The Bertz CT molecular complexity index is 726. The lowest BCUT2D eigenvalue weighted by Crippen LogP contribution is -2.12. The van der Waals surface area contributed by atoms with Gasteiger partial charge >= 0.3 is 0 Å². The molecule has 0 saturated heterocycles. The number of aromatic nitrogens is 2. The minimum atomic E-state index is -0.0585. The van der Waals surface area contributed by atoms with Gasteiger partial charge in [-0.05, 0) is 22.4 Å². The SMILES string of the molecule is Cc1nnc(SCC(N)c2ccc3ccccc3c2)o1. The number of nitrogens with two attached hydrogens (primary N) is 1.